The lowest BCUT2D eigenvalue weighted by Gasteiger charge is -2.02. The van der Waals surface area contributed by atoms with Crippen molar-refractivity contribution in [3.8, 4) is 0 Å². The van der Waals surface area contributed by atoms with Gasteiger partial charge in [0.1, 0.15) is 5.84 Å². The van der Waals surface area contributed by atoms with Crippen LogP contribution < -0.4 is 5.73 Å². The lowest BCUT2D eigenvalue weighted by Crippen LogP contribution is -2.23. The van der Waals surface area contributed by atoms with Gasteiger partial charge in [-0.25, -0.2) is 9.79 Å². The van der Waals surface area contributed by atoms with Gasteiger partial charge in [0, 0.05) is 6.21 Å². The molecule has 0 aliphatic carbocycles. The van der Waals surface area contributed by atoms with Crippen molar-refractivity contribution in [1.82, 2.24) is 0 Å². The van der Waals surface area contributed by atoms with Gasteiger partial charge < -0.3 is 5.73 Å². The molecule has 1 aliphatic heterocycles. The van der Waals surface area contributed by atoms with Crippen LogP contribution in [0.1, 0.15) is 0 Å². The number of urea groups is 1. The first kappa shape index (κ1) is 6.22. The molecule has 1 heterocycles. The molecule has 2 amide bonds. The summed E-state index contributed by atoms with van der Waals surface area (Å²) in [6, 6.07) is -0.614. The van der Waals surface area contributed by atoms with Crippen molar-refractivity contribution in [2.75, 3.05) is 0 Å². The van der Waals surface area contributed by atoms with Crippen molar-refractivity contribution in [1.29, 1.82) is 0 Å². The van der Waals surface area contributed by atoms with Crippen LogP contribution >= 0.6 is 11.6 Å². The van der Waals surface area contributed by atoms with E-state index in [2.05, 4.69) is 9.98 Å². The third kappa shape index (κ3) is 1.26. The van der Waals surface area contributed by atoms with E-state index in [1.807, 2.05) is 0 Å². The number of halogens is 1. The molecule has 0 unspecified atom stereocenters. The van der Waals surface area contributed by atoms with Crippen molar-refractivity contribution in [3.63, 3.8) is 0 Å². The summed E-state index contributed by atoms with van der Waals surface area (Å²) in [5.74, 6) is 0.0247. The maximum Gasteiger partial charge on any atom is 0.368 e. The number of aliphatic imine (C=N–C) groups is 2. The Morgan fingerprint density at radius 3 is 2.78 bits per heavy atom. The molecule has 5 heteroatoms. The maximum atomic E-state index is 10.3. The Kier molecular flexibility index (Phi) is 1.48. The van der Waals surface area contributed by atoms with Crippen LogP contribution in [0.4, 0.5) is 4.79 Å². The van der Waals surface area contributed by atoms with E-state index >= 15 is 0 Å². The Morgan fingerprint density at radius 1 is 1.67 bits per heavy atom. The van der Waals surface area contributed by atoms with Crippen molar-refractivity contribution in [2.24, 2.45) is 15.7 Å². The smallest absolute Gasteiger partial charge is 0.368 e. The van der Waals surface area contributed by atoms with Gasteiger partial charge in [0.05, 0.1) is 0 Å². The normalized spacial score (nSPS) is 20.1. The third-order valence-electron chi connectivity index (χ3n) is 0.749. The highest BCUT2D eigenvalue weighted by atomic mass is 35.5. The first-order chi connectivity index (χ1) is 4.20. The molecule has 9 heavy (non-hydrogen) atoms. The van der Waals surface area contributed by atoms with Crippen molar-refractivity contribution in [3.05, 3.63) is 5.38 Å². The Balaban J connectivity index is 2.82. The largest absolute Gasteiger partial charge is 0.385 e. The molecule has 2 N–H and O–H groups in total. The lowest BCUT2D eigenvalue weighted by molar-refractivity contribution is 0.257. The second-order valence-corrected chi connectivity index (χ2v) is 1.79. The molecule has 1 rings (SSSR count). The van der Waals surface area contributed by atoms with Gasteiger partial charge in [0.2, 0.25) is 0 Å². The van der Waals surface area contributed by atoms with Crippen molar-refractivity contribution in [2.45, 2.75) is 0 Å². The summed E-state index contributed by atoms with van der Waals surface area (Å²) in [4.78, 5) is 16.8. The number of nitrogens with two attached hydrogens (primary N) is 1. The SMILES string of the molecule is NC1=NC(=O)N=C[C]1Cl. The molecule has 0 saturated heterocycles. The van der Waals surface area contributed by atoms with E-state index in [1.54, 1.807) is 0 Å². The molecule has 0 saturated carbocycles. The van der Waals surface area contributed by atoms with Crippen LogP contribution in [-0.4, -0.2) is 18.1 Å². The van der Waals surface area contributed by atoms with E-state index in [0.717, 1.165) is 0 Å². The molecule has 0 aromatic heterocycles. The number of carbonyl (C=O) groups excluding carboxylic acids is 1. The van der Waals surface area contributed by atoms with E-state index in [-0.39, 0.29) is 11.2 Å². The number of amidine groups is 1. The number of hydrogen-bond donors (Lipinski definition) is 1. The molecule has 1 aliphatic rings. The molecule has 0 fully saturated rings. The van der Waals surface area contributed by atoms with Crippen LogP contribution in [0.15, 0.2) is 9.98 Å². The lowest BCUT2D eigenvalue weighted by atomic mass is 10.4. The molecular formula is C4H3ClN3O. The van der Waals surface area contributed by atoms with Gasteiger partial charge in [-0.15, -0.1) is 11.6 Å². The molecule has 0 bridgehead atoms. The summed E-state index contributed by atoms with van der Waals surface area (Å²) in [7, 11) is 0. The van der Waals surface area contributed by atoms with E-state index < -0.39 is 6.03 Å². The fourth-order valence-electron chi connectivity index (χ4n) is 0.363. The van der Waals surface area contributed by atoms with Crippen LogP contribution in [-0.2, 0) is 0 Å². The molecule has 0 spiro atoms. The number of rotatable bonds is 0. The zero-order valence-electron chi connectivity index (χ0n) is 4.34. The average molecular weight is 145 g/mol. The van der Waals surface area contributed by atoms with Gasteiger partial charge in [-0.3, -0.25) is 0 Å². The molecule has 0 atom stereocenters. The average Bonchev–Trinajstić information content (AvgIpc) is 1.80. The molecule has 47 valence electrons. The number of hydrogen-bond acceptors (Lipinski definition) is 2. The van der Waals surface area contributed by atoms with Crippen LogP contribution in [0.3, 0.4) is 0 Å². The predicted molar refractivity (Wildman–Crippen MR) is 34.6 cm³/mol. The van der Waals surface area contributed by atoms with Crippen LogP contribution in [0.2, 0.25) is 0 Å². The zero-order valence-corrected chi connectivity index (χ0v) is 5.09. The Bertz CT molecular complexity index is 198. The minimum Gasteiger partial charge on any atom is -0.385 e. The molecular weight excluding hydrogens is 142 g/mol. The first-order valence-electron chi connectivity index (χ1n) is 2.15. The van der Waals surface area contributed by atoms with Gasteiger partial charge in [-0.2, -0.15) is 4.99 Å². The van der Waals surface area contributed by atoms with Gasteiger partial charge in [0.25, 0.3) is 0 Å². The Labute approximate surface area is 56.4 Å². The summed E-state index contributed by atoms with van der Waals surface area (Å²) in [5.41, 5.74) is 5.14. The van der Waals surface area contributed by atoms with E-state index in [1.165, 1.54) is 6.21 Å². The number of carbonyl (C=O) groups is 1. The summed E-state index contributed by atoms with van der Waals surface area (Å²) in [6.07, 6.45) is 1.17. The maximum absolute atomic E-state index is 10.3. The minimum atomic E-state index is -0.614. The van der Waals surface area contributed by atoms with E-state index in [0.29, 0.717) is 0 Å². The molecule has 0 aromatic carbocycles. The zero-order chi connectivity index (χ0) is 6.85. The molecule has 4 nitrogen and oxygen atoms in total. The Morgan fingerprint density at radius 2 is 2.33 bits per heavy atom. The predicted octanol–water partition coefficient (Wildman–Crippen LogP) is 0.319. The minimum absolute atomic E-state index is 0.0247. The highest BCUT2D eigenvalue weighted by molar-refractivity contribution is 6.50. The van der Waals surface area contributed by atoms with Gasteiger partial charge in [-0.1, -0.05) is 0 Å². The van der Waals surface area contributed by atoms with Crippen molar-refractivity contribution < 1.29 is 4.79 Å². The summed E-state index contributed by atoms with van der Waals surface area (Å²) in [5, 5.41) is 0.203. The second kappa shape index (κ2) is 2.14. The van der Waals surface area contributed by atoms with E-state index in [4.69, 9.17) is 17.3 Å². The van der Waals surface area contributed by atoms with Gasteiger partial charge in [0.15, 0.2) is 5.38 Å². The van der Waals surface area contributed by atoms with Crippen LogP contribution in [0.25, 0.3) is 0 Å². The second-order valence-electron chi connectivity index (χ2n) is 1.39. The van der Waals surface area contributed by atoms with Crippen LogP contribution in [0.5, 0.6) is 0 Å². The topological polar surface area (TPSA) is 67.8 Å². The summed E-state index contributed by atoms with van der Waals surface area (Å²) >= 11 is 5.39. The quantitative estimate of drug-likeness (QED) is 0.532. The Hall–Kier alpha value is -0.900. The summed E-state index contributed by atoms with van der Waals surface area (Å²) < 4.78 is 0. The third-order valence-corrected chi connectivity index (χ3v) is 1.04. The monoisotopic (exact) mass is 144 g/mol. The van der Waals surface area contributed by atoms with Gasteiger partial charge in [-0.05, 0) is 0 Å². The standard InChI is InChI=1S/C4H3ClN3O/c5-2-1-7-4(9)8-3(2)6/h1H,(H2,6,8,9). The van der Waals surface area contributed by atoms with Crippen molar-refractivity contribution >= 4 is 29.7 Å². The molecule has 0 aromatic rings. The highest BCUT2D eigenvalue weighted by Crippen LogP contribution is 2.07. The fraction of sp³-hybridized carbons (Fsp3) is 0. The highest BCUT2D eigenvalue weighted by Gasteiger charge is 2.13. The number of amides is 2. The first-order valence-corrected chi connectivity index (χ1v) is 2.53. The number of nitrogens with zero attached hydrogens (tertiary/aromatic N) is 2. The fourth-order valence-corrected chi connectivity index (χ4v) is 0.454. The van der Waals surface area contributed by atoms with Gasteiger partial charge >= 0.3 is 6.03 Å². The molecule has 1 radical (unpaired) electrons. The summed E-state index contributed by atoms with van der Waals surface area (Å²) in [6.45, 7) is 0. The van der Waals surface area contributed by atoms with E-state index in [9.17, 15) is 4.79 Å². The van der Waals surface area contributed by atoms with Crippen LogP contribution in [0, 0.1) is 5.38 Å².